The van der Waals surface area contributed by atoms with E-state index in [1.807, 2.05) is 6.07 Å². The minimum atomic E-state index is -0.478. The minimum absolute atomic E-state index is 0.0505. The van der Waals surface area contributed by atoms with E-state index in [4.69, 9.17) is 9.15 Å². The normalized spacial score (nSPS) is 10.9. The number of methoxy groups -OCH3 is 1. The number of nitro groups is 1. The Morgan fingerprint density at radius 3 is 2.78 bits per heavy atom. The molecule has 1 aromatic carbocycles. The molecule has 0 bridgehead atoms. The average Bonchev–Trinajstić information content (AvgIpc) is 2.96. The summed E-state index contributed by atoms with van der Waals surface area (Å²) in [5, 5.41) is 11.5. The molecule has 0 radical (unpaired) electrons. The Hall–Kier alpha value is -2.19. The lowest BCUT2D eigenvalue weighted by atomic mass is 10.1. The molecule has 0 aliphatic heterocycles. The van der Waals surface area contributed by atoms with E-state index >= 15 is 0 Å². The Morgan fingerprint density at radius 2 is 2.13 bits per heavy atom. The topological polar surface area (TPSA) is 82.6 Å². The van der Waals surface area contributed by atoms with Gasteiger partial charge in [-0.2, -0.15) is 0 Å². The van der Waals surface area contributed by atoms with Crippen molar-refractivity contribution in [1.29, 1.82) is 0 Å². The highest BCUT2D eigenvalue weighted by Crippen LogP contribution is 2.31. The minimum Gasteiger partial charge on any atom is -0.493 e. The molecule has 0 fully saturated rings. The monoisotopic (exact) mass is 395 g/mol. The third kappa shape index (κ3) is 3.13. The summed E-state index contributed by atoms with van der Waals surface area (Å²) in [6.07, 6.45) is 0.283. The first-order chi connectivity index (χ1) is 11.0. The molecule has 0 aliphatic rings. The first-order valence-electron chi connectivity index (χ1n) is 6.51. The van der Waals surface area contributed by atoms with Crippen molar-refractivity contribution in [2.75, 3.05) is 7.11 Å². The van der Waals surface area contributed by atoms with Gasteiger partial charge in [-0.25, -0.2) is 4.79 Å². The molecule has 2 heterocycles. The van der Waals surface area contributed by atoms with E-state index in [2.05, 4.69) is 15.9 Å². The average molecular weight is 396 g/mol. The summed E-state index contributed by atoms with van der Waals surface area (Å²) >= 11 is 4.43. The molecule has 2 aromatic heterocycles. The fourth-order valence-corrected chi connectivity index (χ4v) is 3.53. The van der Waals surface area contributed by atoms with Gasteiger partial charge in [0.05, 0.1) is 12.0 Å². The van der Waals surface area contributed by atoms with E-state index in [1.54, 1.807) is 18.2 Å². The van der Waals surface area contributed by atoms with Crippen molar-refractivity contribution in [2.24, 2.45) is 0 Å². The highest BCUT2D eigenvalue weighted by atomic mass is 79.9. The largest absolute Gasteiger partial charge is 0.493 e. The van der Waals surface area contributed by atoms with Crippen LogP contribution in [0.15, 0.2) is 44.0 Å². The molecule has 8 heteroatoms. The van der Waals surface area contributed by atoms with Gasteiger partial charge >= 0.3 is 10.6 Å². The third-order valence-corrected chi connectivity index (χ3v) is 4.74. The van der Waals surface area contributed by atoms with Crippen LogP contribution in [0.25, 0.3) is 11.0 Å². The molecule has 0 saturated carbocycles. The molecule has 3 rings (SSSR count). The van der Waals surface area contributed by atoms with E-state index in [0.717, 1.165) is 26.1 Å². The number of nitrogens with zero attached hydrogens (tertiary/aromatic N) is 1. The smallest absolute Gasteiger partial charge is 0.339 e. The van der Waals surface area contributed by atoms with Gasteiger partial charge in [0.1, 0.15) is 0 Å². The third-order valence-electron chi connectivity index (χ3n) is 3.25. The maximum Gasteiger partial charge on any atom is 0.339 e. The van der Waals surface area contributed by atoms with Crippen LogP contribution < -0.4 is 10.4 Å². The van der Waals surface area contributed by atoms with Crippen LogP contribution in [0.2, 0.25) is 0 Å². The number of rotatable bonds is 4. The Morgan fingerprint density at radius 1 is 1.35 bits per heavy atom. The van der Waals surface area contributed by atoms with Crippen LogP contribution in [-0.4, -0.2) is 12.0 Å². The second kappa shape index (κ2) is 6.13. The van der Waals surface area contributed by atoms with Gasteiger partial charge in [0.2, 0.25) is 0 Å². The van der Waals surface area contributed by atoms with Gasteiger partial charge in [0.25, 0.3) is 0 Å². The molecule has 0 N–H and O–H groups in total. The molecule has 0 amide bonds. The lowest BCUT2D eigenvalue weighted by Crippen LogP contribution is -2.07. The molecule has 0 atom stereocenters. The van der Waals surface area contributed by atoms with Crippen molar-refractivity contribution >= 4 is 43.2 Å². The number of halogens is 1. The fraction of sp³-hybridized carbons (Fsp3) is 0.133. The predicted molar refractivity (Wildman–Crippen MR) is 90.5 cm³/mol. The Balaban J connectivity index is 2.05. The van der Waals surface area contributed by atoms with Gasteiger partial charge in [-0.05, 0) is 24.3 Å². The zero-order chi connectivity index (χ0) is 16.6. The molecule has 23 heavy (non-hydrogen) atoms. The number of thiophene rings is 1. The fourth-order valence-electron chi connectivity index (χ4n) is 2.23. The molecule has 118 valence electrons. The maximum atomic E-state index is 12.2. The summed E-state index contributed by atoms with van der Waals surface area (Å²) < 4.78 is 11.4. The summed E-state index contributed by atoms with van der Waals surface area (Å²) in [7, 11) is 1.50. The zero-order valence-electron chi connectivity index (χ0n) is 11.9. The quantitative estimate of drug-likeness (QED) is 0.376. The zero-order valence-corrected chi connectivity index (χ0v) is 14.3. The molecular weight excluding hydrogens is 386 g/mol. The first kappa shape index (κ1) is 15.7. The predicted octanol–water partition coefficient (Wildman–Crippen LogP) is 4.12. The standard InChI is InChI=1S/C15H10BrNO5S/c1-21-12-7-10(16)5-8-4-9(15(18)22-14(8)12)6-11-2-3-13(23-11)17(19)20/h2-5,7H,6H2,1H3. The van der Waals surface area contributed by atoms with Gasteiger partial charge in [0, 0.05) is 32.8 Å². The van der Waals surface area contributed by atoms with Crippen LogP contribution >= 0.6 is 27.3 Å². The van der Waals surface area contributed by atoms with Crippen molar-refractivity contribution in [2.45, 2.75) is 6.42 Å². The summed E-state index contributed by atoms with van der Waals surface area (Å²) in [6.45, 7) is 0. The second-order valence-electron chi connectivity index (χ2n) is 4.76. The highest BCUT2D eigenvalue weighted by molar-refractivity contribution is 9.10. The molecule has 6 nitrogen and oxygen atoms in total. The Kier molecular flexibility index (Phi) is 4.18. The summed E-state index contributed by atoms with van der Waals surface area (Å²) in [5.74, 6) is 0.463. The molecular formula is C15H10BrNO5S. The lowest BCUT2D eigenvalue weighted by Gasteiger charge is -2.06. The van der Waals surface area contributed by atoms with Crippen molar-refractivity contribution < 1.29 is 14.1 Å². The van der Waals surface area contributed by atoms with Crippen molar-refractivity contribution in [3.63, 3.8) is 0 Å². The van der Waals surface area contributed by atoms with E-state index in [0.29, 0.717) is 16.9 Å². The Labute approximate surface area is 142 Å². The highest BCUT2D eigenvalue weighted by Gasteiger charge is 2.14. The molecule has 0 spiro atoms. The van der Waals surface area contributed by atoms with Gasteiger partial charge in [-0.1, -0.05) is 27.3 Å². The van der Waals surface area contributed by atoms with Crippen molar-refractivity contribution in [3.8, 4) is 5.75 Å². The van der Waals surface area contributed by atoms with E-state index in [9.17, 15) is 14.9 Å². The summed E-state index contributed by atoms with van der Waals surface area (Å²) in [5.41, 5.74) is 0.338. The number of fused-ring (bicyclic) bond motifs is 1. The van der Waals surface area contributed by atoms with Crippen LogP contribution in [-0.2, 0) is 6.42 Å². The first-order valence-corrected chi connectivity index (χ1v) is 8.12. The number of benzene rings is 1. The molecule has 0 unspecified atom stereocenters. The van der Waals surface area contributed by atoms with Crippen LogP contribution in [0.5, 0.6) is 5.75 Å². The van der Waals surface area contributed by atoms with Crippen molar-refractivity contribution in [3.05, 3.63) is 65.8 Å². The number of hydrogen-bond acceptors (Lipinski definition) is 6. The SMILES string of the molecule is COc1cc(Br)cc2cc(Cc3ccc([N+](=O)[O-])s3)c(=O)oc12. The van der Waals surface area contributed by atoms with Gasteiger partial charge in [0.15, 0.2) is 11.3 Å². The summed E-state index contributed by atoms with van der Waals surface area (Å²) in [4.78, 5) is 23.2. The Bertz CT molecular complexity index is 962. The van der Waals surface area contributed by atoms with Crippen molar-refractivity contribution in [1.82, 2.24) is 0 Å². The molecule has 0 saturated heterocycles. The van der Waals surface area contributed by atoms with Gasteiger partial charge in [-0.15, -0.1) is 0 Å². The number of ether oxygens (including phenoxy) is 1. The maximum absolute atomic E-state index is 12.2. The van der Waals surface area contributed by atoms with E-state index in [-0.39, 0.29) is 11.4 Å². The van der Waals surface area contributed by atoms with Gasteiger partial charge in [-0.3, -0.25) is 10.1 Å². The second-order valence-corrected chi connectivity index (χ2v) is 6.82. The van der Waals surface area contributed by atoms with Crippen LogP contribution in [0.1, 0.15) is 10.4 Å². The molecule has 0 aliphatic carbocycles. The van der Waals surface area contributed by atoms with Crippen LogP contribution in [0.4, 0.5) is 5.00 Å². The number of hydrogen-bond donors (Lipinski definition) is 0. The van der Waals surface area contributed by atoms with Crippen LogP contribution in [0, 0.1) is 10.1 Å². The van der Waals surface area contributed by atoms with E-state index < -0.39 is 10.5 Å². The molecule has 3 aromatic rings. The van der Waals surface area contributed by atoms with Crippen LogP contribution in [0.3, 0.4) is 0 Å². The van der Waals surface area contributed by atoms with Gasteiger partial charge < -0.3 is 9.15 Å². The summed E-state index contributed by atoms with van der Waals surface area (Å²) in [6, 6.07) is 8.34. The lowest BCUT2D eigenvalue weighted by molar-refractivity contribution is -0.380. The van der Waals surface area contributed by atoms with E-state index in [1.165, 1.54) is 13.2 Å².